The Bertz CT molecular complexity index is 441. The van der Waals surface area contributed by atoms with Gasteiger partial charge in [-0.15, -0.1) is 0 Å². The van der Waals surface area contributed by atoms with Crippen LogP contribution in [0.15, 0.2) is 43.0 Å². The van der Waals surface area contributed by atoms with Gasteiger partial charge in [-0.2, -0.15) is 0 Å². The monoisotopic (exact) mass is 252 g/mol. The molecule has 0 spiro atoms. The Kier molecular flexibility index (Phi) is 4.31. The maximum Gasteiger partial charge on any atom is 0.507 e. The van der Waals surface area contributed by atoms with Gasteiger partial charge in [0.2, 0.25) is 0 Å². The van der Waals surface area contributed by atoms with Crippen molar-refractivity contribution in [1.82, 2.24) is 0 Å². The van der Waals surface area contributed by atoms with Gasteiger partial charge in [-0.25, -0.2) is 9.59 Å². The molecule has 1 aromatic rings. The minimum absolute atomic E-state index is 0.434. The number of carboxylic acid groups (broad SMARTS) is 2. The summed E-state index contributed by atoms with van der Waals surface area (Å²) in [7, 11) is 0. The first-order valence-electron chi connectivity index (χ1n) is 4.97. The molecule has 1 aromatic carbocycles. The molecule has 0 amide bonds. The van der Waals surface area contributed by atoms with Crippen molar-refractivity contribution in [3.8, 4) is 0 Å². The Balaban J connectivity index is 3.09. The molecule has 96 valence electrons. The summed E-state index contributed by atoms with van der Waals surface area (Å²) in [5, 5.41) is 17.2. The van der Waals surface area contributed by atoms with Crippen LogP contribution in [0.25, 0.3) is 0 Å². The van der Waals surface area contributed by atoms with Crippen LogP contribution in [0.3, 0.4) is 0 Å². The van der Waals surface area contributed by atoms with Crippen LogP contribution in [0.4, 0.5) is 9.59 Å². The number of benzene rings is 1. The van der Waals surface area contributed by atoms with E-state index in [1.807, 2.05) is 0 Å². The third-order valence-corrected chi connectivity index (χ3v) is 2.27. The van der Waals surface area contributed by atoms with E-state index in [0.29, 0.717) is 5.56 Å². The fraction of sp³-hybridized carbons (Fsp3) is 0.167. The first-order chi connectivity index (χ1) is 8.50. The molecule has 6 heteroatoms. The summed E-state index contributed by atoms with van der Waals surface area (Å²) in [5.74, 6) is 0. The molecule has 0 saturated carbocycles. The van der Waals surface area contributed by atoms with Gasteiger partial charge in [0.15, 0.2) is 5.60 Å². The SMILES string of the molecule is C=CC(COC(=O)O)(OC(=O)O)c1ccccc1. The van der Waals surface area contributed by atoms with E-state index in [-0.39, 0.29) is 0 Å². The summed E-state index contributed by atoms with van der Waals surface area (Å²) >= 11 is 0. The predicted octanol–water partition coefficient (Wildman–Crippen LogP) is 2.46. The summed E-state index contributed by atoms with van der Waals surface area (Å²) in [6, 6.07) is 8.25. The van der Waals surface area contributed by atoms with Crippen molar-refractivity contribution >= 4 is 12.3 Å². The molecule has 0 aliphatic heterocycles. The van der Waals surface area contributed by atoms with Crippen LogP contribution in [-0.4, -0.2) is 29.1 Å². The van der Waals surface area contributed by atoms with E-state index in [4.69, 9.17) is 14.9 Å². The van der Waals surface area contributed by atoms with Gasteiger partial charge in [0.05, 0.1) is 0 Å². The largest absolute Gasteiger partial charge is 0.507 e. The van der Waals surface area contributed by atoms with Gasteiger partial charge in [0, 0.05) is 5.56 Å². The lowest BCUT2D eigenvalue weighted by atomic mass is 9.94. The lowest BCUT2D eigenvalue weighted by molar-refractivity contribution is -0.0383. The van der Waals surface area contributed by atoms with Crippen molar-refractivity contribution in [1.29, 1.82) is 0 Å². The number of hydrogen-bond acceptors (Lipinski definition) is 4. The van der Waals surface area contributed by atoms with E-state index in [2.05, 4.69) is 11.3 Å². The maximum absolute atomic E-state index is 10.7. The molecule has 1 unspecified atom stereocenters. The highest BCUT2D eigenvalue weighted by Crippen LogP contribution is 2.28. The first-order valence-corrected chi connectivity index (χ1v) is 4.97. The Morgan fingerprint density at radius 1 is 1.22 bits per heavy atom. The summed E-state index contributed by atoms with van der Waals surface area (Å²) in [5.41, 5.74) is -1.12. The van der Waals surface area contributed by atoms with Crippen molar-refractivity contribution in [3.05, 3.63) is 48.6 Å². The zero-order valence-corrected chi connectivity index (χ0v) is 9.41. The standard InChI is InChI=1S/C12H12O6/c1-2-12(18-11(15)16,8-17-10(13)14)9-6-4-3-5-7-9/h2-7H,1,8H2,(H,13,14)(H,15,16). The number of ether oxygens (including phenoxy) is 2. The van der Waals surface area contributed by atoms with E-state index in [1.54, 1.807) is 30.3 Å². The zero-order chi connectivity index (χ0) is 13.6. The Hall–Kier alpha value is -2.50. The van der Waals surface area contributed by atoms with Gasteiger partial charge in [0.1, 0.15) is 6.61 Å². The molecule has 0 aromatic heterocycles. The van der Waals surface area contributed by atoms with Crippen molar-refractivity contribution in [2.24, 2.45) is 0 Å². The number of rotatable bonds is 5. The Morgan fingerprint density at radius 2 is 1.83 bits per heavy atom. The summed E-state index contributed by atoms with van der Waals surface area (Å²) in [6.45, 7) is 2.98. The zero-order valence-electron chi connectivity index (χ0n) is 9.41. The molecular formula is C12H12O6. The van der Waals surface area contributed by atoms with Crippen LogP contribution >= 0.6 is 0 Å². The van der Waals surface area contributed by atoms with Crippen LogP contribution in [-0.2, 0) is 15.1 Å². The molecule has 18 heavy (non-hydrogen) atoms. The van der Waals surface area contributed by atoms with Crippen LogP contribution < -0.4 is 0 Å². The maximum atomic E-state index is 10.7. The van der Waals surface area contributed by atoms with Crippen LogP contribution in [0.5, 0.6) is 0 Å². The molecule has 0 fully saturated rings. The van der Waals surface area contributed by atoms with Crippen LogP contribution in [0, 0.1) is 0 Å². The van der Waals surface area contributed by atoms with Crippen molar-refractivity contribution in [2.75, 3.05) is 6.61 Å². The van der Waals surface area contributed by atoms with Gasteiger partial charge < -0.3 is 19.7 Å². The van der Waals surface area contributed by atoms with E-state index < -0.39 is 24.5 Å². The fourth-order valence-corrected chi connectivity index (χ4v) is 1.44. The van der Waals surface area contributed by atoms with E-state index in [9.17, 15) is 9.59 Å². The van der Waals surface area contributed by atoms with Crippen molar-refractivity contribution < 1.29 is 29.3 Å². The highest BCUT2D eigenvalue weighted by Gasteiger charge is 2.35. The normalized spacial score (nSPS) is 13.1. The molecule has 1 rings (SSSR count). The van der Waals surface area contributed by atoms with Crippen LogP contribution in [0.1, 0.15) is 5.56 Å². The molecule has 0 heterocycles. The topological polar surface area (TPSA) is 93.1 Å². The predicted molar refractivity (Wildman–Crippen MR) is 61.4 cm³/mol. The van der Waals surface area contributed by atoms with Gasteiger partial charge in [-0.05, 0) is 6.08 Å². The molecule has 1 atom stereocenters. The fourth-order valence-electron chi connectivity index (χ4n) is 1.44. The minimum Gasteiger partial charge on any atom is -0.450 e. The molecular weight excluding hydrogens is 240 g/mol. The van der Waals surface area contributed by atoms with E-state index in [0.717, 1.165) is 0 Å². The smallest absolute Gasteiger partial charge is 0.450 e. The second-order valence-electron chi connectivity index (χ2n) is 3.38. The van der Waals surface area contributed by atoms with Gasteiger partial charge in [-0.3, -0.25) is 0 Å². The van der Waals surface area contributed by atoms with Crippen molar-refractivity contribution in [3.63, 3.8) is 0 Å². The molecule has 2 N–H and O–H groups in total. The molecule has 0 saturated heterocycles. The Labute approximate surface area is 103 Å². The lowest BCUT2D eigenvalue weighted by Gasteiger charge is -2.28. The summed E-state index contributed by atoms with van der Waals surface area (Å²) < 4.78 is 9.14. The number of carbonyl (C=O) groups is 2. The van der Waals surface area contributed by atoms with Crippen molar-refractivity contribution in [2.45, 2.75) is 5.60 Å². The second-order valence-corrected chi connectivity index (χ2v) is 3.38. The Morgan fingerprint density at radius 3 is 2.28 bits per heavy atom. The van der Waals surface area contributed by atoms with Gasteiger partial charge >= 0.3 is 12.3 Å². The van der Waals surface area contributed by atoms with Gasteiger partial charge in [0.25, 0.3) is 0 Å². The molecule has 0 bridgehead atoms. The third-order valence-electron chi connectivity index (χ3n) is 2.27. The first kappa shape index (κ1) is 13.6. The van der Waals surface area contributed by atoms with Gasteiger partial charge in [-0.1, -0.05) is 36.9 Å². The average molecular weight is 252 g/mol. The highest BCUT2D eigenvalue weighted by atomic mass is 16.7. The summed E-state index contributed by atoms with van der Waals surface area (Å²) in [6.07, 6.45) is -1.88. The molecule has 0 aliphatic rings. The molecule has 6 nitrogen and oxygen atoms in total. The minimum atomic E-state index is -1.55. The number of hydrogen-bond donors (Lipinski definition) is 2. The van der Waals surface area contributed by atoms with E-state index >= 15 is 0 Å². The highest BCUT2D eigenvalue weighted by molar-refractivity contribution is 5.59. The van der Waals surface area contributed by atoms with Crippen LogP contribution in [0.2, 0.25) is 0 Å². The molecule has 0 aliphatic carbocycles. The quantitative estimate of drug-likeness (QED) is 0.617. The second kappa shape index (κ2) is 5.72. The van der Waals surface area contributed by atoms with E-state index in [1.165, 1.54) is 6.08 Å². The summed E-state index contributed by atoms with van der Waals surface area (Å²) in [4.78, 5) is 21.1. The third kappa shape index (κ3) is 3.24. The average Bonchev–Trinajstić information content (AvgIpc) is 2.35. The lowest BCUT2D eigenvalue weighted by Crippen LogP contribution is -2.35. The molecule has 0 radical (unpaired) electrons.